The van der Waals surface area contributed by atoms with Crippen LogP contribution in [-0.4, -0.2) is 18.3 Å². The second-order valence-electron chi connectivity index (χ2n) is 7.44. The van der Waals surface area contributed by atoms with Crippen molar-refractivity contribution < 1.29 is 0 Å². The van der Waals surface area contributed by atoms with Crippen LogP contribution in [0.4, 0.5) is 0 Å². The Labute approximate surface area is 149 Å². The molecule has 0 saturated heterocycles. The normalized spacial score (nSPS) is 12.2. The molecule has 0 spiro atoms. The third-order valence-corrected chi connectivity index (χ3v) is 10.2. The van der Waals surface area contributed by atoms with Gasteiger partial charge in [0.05, 0.1) is 0 Å². The van der Waals surface area contributed by atoms with Crippen LogP contribution >= 0.6 is 11.3 Å². The minimum atomic E-state index is -1.84. The monoisotopic (exact) mass is 393 g/mol. The molecular weight excluding hydrogens is 371 g/mol. The van der Waals surface area contributed by atoms with E-state index in [2.05, 4.69) is 78.9 Å². The molecule has 120 valence electrons. The van der Waals surface area contributed by atoms with Gasteiger partial charge < -0.3 is 0 Å². The summed E-state index contributed by atoms with van der Waals surface area (Å²) in [5.41, 5.74) is 3.69. The number of hydrogen-bond acceptors (Lipinski definition) is 2. The molecular formula is C21H21GeNS. The summed E-state index contributed by atoms with van der Waals surface area (Å²) in [5.74, 6) is 7.27. The molecule has 2 aromatic carbocycles. The summed E-state index contributed by atoms with van der Waals surface area (Å²) in [6.07, 6.45) is 2.13. The summed E-state index contributed by atoms with van der Waals surface area (Å²) in [6.45, 7) is 2.23. The Bertz CT molecular complexity index is 1060. The first kappa shape index (κ1) is 15.9. The van der Waals surface area contributed by atoms with Gasteiger partial charge >= 0.3 is 150 Å². The van der Waals surface area contributed by atoms with E-state index in [0.29, 0.717) is 0 Å². The standard InChI is InChI=1S/C21H21GeNS/c1-14-11-19(23-13-18(14)22(2,3)4)15-9-10-21-17(12-15)16-7-5-6-8-20(16)24-21/h5-13H,1-4H3. The molecule has 4 rings (SSSR count). The maximum absolute atomic E-state index is 4.80. The van der Waals surface area contributed by atoms with Crippen molar-refractivity contribution in [2.45, 2.75) is 24.2 Å². The topological polar surface area (TPSA) is 12.9 Å². The molecule has 0 aliphatic heterocycles. The van der Waals surface area contributed by atoms with Gasteiger partial charge in [-0.25, -0.2) is 0 Å². The molecule has 0 fully saturated rings. The van der Waals surface area contributed by atoms with E-state index in [-0.39, 0.29) is 0 Å². The fourth-order valence-electron chi connectivity index (χ4n) is 3.38. The third-order valence-electron chi connectivity index (χ3n) is 4.59. The Kier molecular flexibility index (Phi) is 3.77. The minimum absolute atomic E-state index is 1.08. The van der Waals surface area contributed by atoms with E-state index < -0.39 is 13.3 Å². The van der Waals surface area contributed by atoms with E-state index in [1.807, 2.05) is 11.3 Å². The van der Waals surface area contributed by atoms with Crippen LogP contribution in [0.25, 0.3) is 31.4 Å². The van der Waals surface area contributed by atoms with Crippen LogP contribution < -0.4 is 4.40 Å². The van der Waals surface area contributed by atoms with Gasteiger partial charge in [-0.15, -0.1) is 0 Å². The first-order chi connectivity index (χ1) is 11.4. The number of nitrogens with zero attached hydrogens (tertiary/aromatic N) is 1. The van der Waals surface area contributed by atoms with Gasteiger partial charge in [0.2, 0.25) is 0 Å². The molecule has 0 saturated carbocycles. The Morgan fingerprint density at radius 2 is 1.62 bits per heavy atom. The summed E-state index contributed by atoms with van der Waals surface area (Å²) in [5, 5.41) is 2.68. The molecule has 1 nitrogen and oxygen atoms in total. The molecule has 0 bridgehead atoms. The van der Waals surface area contributed by atoms with Gasteiger partial charge in [0.25, 0.3) is 0 Å². The third kappa shape index (κ3) is 2.68. The number of hydrogen-bond donors (Lipinski definition) is 0. The van der Waals surface area contributed by atoms with Crippen molar-refractivity contribution in [2.24, 2.45) is 0 Å². The zero-order valence-corrected chi connectivity index (χ0v) is 17.5. The Balaban J connectivity index is 1.87. The van der Waals surface area contributed by atoms with Crippen LogP contribution in [0, 0.1) is 6.92 Å². The summed E-state index contributed by atoms with van der Waals surface area (Å²) >= 11 is 0.0189. The van der Waals surface area contributed by atoms with Crippen LogP contribution in [0.2, 0.25) is 17.3 Å². The van der Waals surface area contributed by atoms with Crippen LogP contribution in [-0.2, 0) is 0 Å². The molecule has 0 atom stereocenters. The van der Waals surface area contributed by atoms with Gasteiger partial charge in [-0.2, -0.15) is 0 Å². The zero-order valence-electron chi connectivity index (χ0n) is 14.6. The summed E-state index contributed by atoms with van der Waals surface area (Å²) in [4.78, 5) is 4.80. The zero-order chi connectivity index (χ0) is 16.9. The van der Waals surface area contributed by atoms with Gasteiger partial charge in [-0.05, 0) is 0 Å². The number of fused-ring (bicyclic) bond motifs is 3. The Morgan fingerprint density at radius 1 is 0.875 bits per heavy atom. The van der Waals surface area contributed by atoms with Crippen molar-refractivity contribution in [1.82, 2.24) is 4.98 Å². The quantitative estimate of drug-likeness (QED) is 0.383. The van der Waals surface area contributed by atoms with E-state index in [0.717, 1.165) is 5.69 Å². The fraction of sp³-hybridized carbons (Fsp3) is 0.190. The number of benzene rings is 2. The van der Waals surface area contributed by atoms with Gasteiger partial charge in [-0.1, -0.05) is 0 Å². The molecule has 0 aliphatic carbocycles. The predicted molar refractivity (Wildman–Crippen MR) is 110 cm³/mol. The average molecular weight is 392 g/mol. The van der Waals surface area contributed by atoms with Crippen molar-refractivity contribution in [1.29, 1.82) is 0 Å². The molecule has 0 amide bonds. The van der Waals surface area contributed by atoms with E-state index in [1.165, 1.54) is 35.7 Å². The molecule has 2 heterocycles. The van der Waals surface area contributed by atoms with Crippen molar-refractivity contribution in [3.05, 3.63) is 60.3 Å². The van der Waals surface area contributed by atoms with Gasteiger partial charge in [-0.3, -0.25) is 0 Å². The number of pyridine rings is 1. The van der Waals surface area contributed by atoms with E-state index in [9.17, 15) is 0 Å². The first-order valence-electron chi connectivity index (χ1n) is 8.32. The van der Waals surface area contributed by atoms with E-state index in [4.69, 9.17) is 4.98 Å². The van der Waals surface area contributed by atoms with Crippen molar-refractivity contribution in [3.8, 4) is 11.3 Å². The predicted octanol–water partition coefficient (Wildman–Crippen LogP) is 5.97. The fourth-order valence-corrected chi connectivity index (χ4v) is 8.05. The molecule has 0 unspecified atom stereocenters. The van der Waals surface area contributed by atoms with Crippen LogP contribution in [0.1, 0.15) is 5.56 Å². The van der Waals surface area contributed by atoms with E-state index >= 15 is 0 Å². The summed E-state index contributed by atoms with van der Waals surface area (Å²) in [6, 6.07) is 17.7. The molecule has 0 N–H and O–H groups in total. The number of rotatable bonds is 2. The summed E-state index contributed by atoms with van der Waals surface area (Å²) in [7, 11) is 0. The van der Waals surface area contributed by atoms with Gasteiger partial charge in [0.1, 0.15) is 0 Å². The van der Waals surface area contributed by atoms with Crippen molar-refractivity contribution in [2.75, 3.05) is 0 Å². The van der Waals surface area contributed by atoms with Crippen molar-refractivity contribution in [3.63, 3.8) is 0 Å². The number of aromatic nitrogens is 1. The van der Waals surface area contributed by atoms with Gasteiger partial charge in [0, 0.05) is 0 Å². The van der Waals surface area contributed by atoms with Gasteiger partial charge in [0.15, 0.2) is 0 Å². The van der Waals surface area contributed by atoms with Crippen LogP contribution in [0.15, 0.2) is 54.7 Å². The van der Waals surface area contributed by atoms with Crippen LogP contribution in [0.5, 0.6) is 0 Å². The van der Waals surface area contributed by atoms with Crippen molar-refractivity contribution >= 4 is 49.2 Å². The molecule has 4 aromatic rings. The Morgan fingerprint density at radius 3 is 2.38 bits per heavy atom. The average Bonchev–Trinajstić information content (AvgIpc) is 2.91. The van der Waals surface area contributed by atoms with Crippen LogP contribution in [0.3, 0.4) is 0 Å². The second kappa shape index (κ2) is 5.71. The van der Waals surface area contributed by atoms with E-state index in [1.54, 1.807) is 0 Å². The Hall–Kier alpha value is -1.65. The second-order valence-corrected chi connectivity index (χ2v) is 19.1. The molecule has 0 radical (unpaired) electrons. The molecule has 3 heteroatoms. The SMILES string of the molecule is Cc1cc(-c2ccc3sc4ccccc4c3c2)nc[c]1[Ge]([CH3])([CH3])[CH3]. The number of thiophene rings is 1. The number of aryl methyl sites for hydroxylation is 1. The first-order valence-corrected chi connectivity index (χ1v) is 16.5. The molecule has 0 aliphatic rings. The molecule has 2 aromatic heterocycles. The summed E-state index contributed by atoms with van der Waals surface area (Å²) < 4.78 is 4.20. The maximum atomic E-state index is 4.80. The molecule has 24 heavy (non-hydrogen) atoms.